The topological polar surface area (TPSA) is 49.3 Å². The zero-order valence-electron chi connectivity index (χ0n) is 14.3. The quantitative estimate of drug-likeness (QED) is 0.362. The largest absolute Gasteiger partial charge is 0.356 e. The lowest BCUT2D eigenvalue weighted by atomic mass is 10.1. The van der Waals surface area contributed by atoms with Crippen LogP contribution in [0.3, 0.4) is 0 Å². The summed E-state index contributed by atoms with van der Waals surface area (Å²) in [5.74, 6) is -0.421. The zero-order valence-corrected chi connectivity index (χ0v) is 17.5. The monoisotopic (exact) mass is 480 g/mol. The average molecular weight is 480 g/mol. The Morgan fingerprint density at radius 3 is 2.52 bits per heavy atom. The van der Waals surface area contributed by atoms with E-state index in [1.54, 1.807) is 18.4 Å². The lowest BCUT2D eigenvalue weighted by Gasteiger charge is -2.11. The summed E-state index contributed by atoms with van der Waals surface area (Å²) in [6.45, 7) is 3.35. The van der Waals surface area contributed by atoms with Crippen molar-refractivity contribution >= 4 is 41.3 Å². The molecule has 1 heterocycles. The number of rotatable bonds is 7. The van der Waals surface area contributed by atoms with Gasteiger partial charge in [0.2, 0.25) is 0 Å². The fourth-order valence-corrected chi connectivity index (χ4v) is 3.04. The molecule has 2 aromatic rings. The van der Waals surface area contributed by atoms with E-state index in [4.69, 9.17) is 0 Å². The number of aliphatic imine (C=N–C) groups is 1. The van der Waals surface area contributed by atoms with Crippen LogP contribution >= 0.6 is 35.3 Å². The number of hydrogen-bond acceptors (Lipinski definition) is 3. The predicted molar refractivity (Wildman–Crippen MR) is 110 cm³/mol. The number of benzene rings is 1. The van der Waals surface area contributed by atoms with Gasteiger partial charge >= 0.3 is 0 Å². The molecule has 0 radical (unpaired) electrons. The molecule has 0 saturated carbocycles. The Bertz CT molecular complexity index is 691. The maximum atomic E-state index is 13.6. The number of guanidine groups is 1. The third-order valence-electron chi connectivity index (χ3n) is 3.51. The molecular weight excluding hydrogens is 457 g/mol. The Labute approximate surface area is 168 Å². The van der Waals surface area contributed by atoms with E-state index in [9.17, 15) is 8.78 Å². The van der Waals surface area contributed by atoms with Gasteiger partial charge in [-0.25, -0.2) is 13.8 Å². The molecule has 0 aliphatic carbocycles. The molecule has 0 aliphatic heterocycles. The highest BCUT2D eigenvalue weighted by Crippen LogP contribution is 2.13. The number of halogens is 3. The summed E-state index contributed by atoms with van der Waals surface area (Å²) in [6, 6.07) is 3.64. The number of hydrogen-bond donors (Lipinski definition) is 2. The fourth-order valence-electron chi connectivity index (χ4n) is 2.18. The van der Waals surface area contributed by atoms with E-state index in [0.717, 1.165) is 30.5 Å². The predicted octanol–water partition coefficient (Wildman–Crippen LogP) is 3.55. The van der Waals surface area contributed by atoms with Crippen molar-refractivity contribution in [2.75, 3.05) is 20.1 Å². The third kappa shape index (κ3) is 7.23. The molecule has 0 amide bonds. The number of nitrogens with zero attached hydrogens (tertiary/aromatic N) is 2. The Balaban J connectivity index is 0.00000312. The lowest BCUT2D eigenvalue weighted by Crippen LogP contribution is -2.39. The minimum absolute atomic E-state index is 0. The Morgan fingerprint density at radius 1 is 1.20 bits per heavy atom. The van der Waals surface area contributed by atoms with Crippen LogP contribution in [0.15, 0.2) is 29.4 Å². The van der Waals surface area contributed by atoms with Crippen molar-refractivity contribution in [1.82, 2.24) is 15.6 Å². The fraction of sp³-hybridized carbons (Fsp3) is 0.412. The Morgan fingerprint density at radius 2 is 1.92 bits per heavy atom. The summed E-state index contributed by atoms with van der Waals surface area (Å²) >= 11 is 1.73. The molecule has 138 valence electrons. The molecule has 1 aromatic heterocycles. The van der Waals surface area contributed by atoms with Crippen LogP contribution in [0.5, 0.6) is 0 Å². The van der Waals surface area contributed by atoms with Gasteiger partial charge in [0.15, 0.2) is 5.96 Å². The molecular formula is C17H23F2IN4S. The van der Waals surface area contributed by atoms with E-state index in [1.165, 1.54) is 17.0 Å². The van der Waals surface area contributed by atoms with Crippen LogP contribution in [-0.2, 0) is 19.3 Å². The minimum atomic E-state index is -0.560. The van der Waals surface area contributed by atoms with E-state index in [2.05, 4.69) is 27.5 Å². The highest BCUT2D eigenvalue weighted by Gasteiger charge is 2.05. The van der Waals surface area contributed by atoms with Gasteiger partial charge in [0.1, 0.15) is 11.6 Å². The van der Waals surface area contributed by atoms with E-state index in [0.29, 0.717) is 24.5 Å². The van der Waals surface area contributed by atoms with Crippen LogP contribution in [0.4, 0.5) is 8.78 Å². The average Bonchev–Trinajstić information content (AvgIpc) is 3.03. The summed E-state index contributed by atoms with van der Waals surface area (Å²) in [7, 11) is 1.69. The normalized spacial score (nSPS) is 11.1. The molecule has 2 N–H and O–H groups in total. The lowest BCUT2D eigenvalue weighted by molar-refractivity contribution is 0.570. The summed E-state index contributed by atoms with van der Waals surface area (Å²) in [5, 5.41) is 7.43. The maximum absolute atomic E-state index is 13.6. The second-order valence-corrected chi connectivity index (χ2v) is 6.44. The molecule has 0 aliphatic rings. The summed E-state index contributed by atoms with van der Waals surface area (Å²) in [4.78, 5) is 9.79. The van der Waals surface area contributed by atoms with Gasteiger partial charge in [0, 0.05) is 43.7 Å². The molecule has 4 nitrogen and oxygen atoms in total. The molecule has 0 fully saturated rings. The molecule has 0 atom stereocenters. The van der Waals surface area contributed by atoms with Crippen molar-refractivity contribution in [3.05, 3.63) is 51.5 Å². The van der Waals surface area contributed by atoms with E-state index < -0.39 is 11.6 Å². The highest BCUT2D eigenvalue weighted by molar-refractivity contribution is 14.0. The van der Waals surface area contributed by atoms with Crippen LogP contribution < -0.4 is 10.6 Å². The SMILES string of the molecule is CCc1cnc(CCNC(=NC)NCCc2ccc(F)cc2F)s1.I. The van der Waals surface area contributed by atoms with Crippen LogP contribution in [0, 0.1) is 11.6 Å². The van der Waals surface area contributed by atoms with Crippen LogP contribution in [-0.4, -0.2) is 31.1 Å². The van der Waals surface area contributed by atoms with Crippen molar-refractivity contribution in [1.29, 1.82) is 0 Å². The van der Waals surface area contributed by atoms with Crippen molar-refractivity contribution in [3.63, 3.8) is 0 Å². The second-order valence-electron chi connectivity index (χ2n) is 5.24. The standard InChI is InChI=1S/C17H22F2N4S.HI/c1-3-14-11-23-16(24-14)7-9-22-17(20-2)21-8-6-12-4-5-13(18)10-15(12)19;/h4-5,10-11H,3,6-9H2,1-2H3,(H2,20,21,22);1H. The first-order chi connectivity index (χ1) is 11.6. The van der Waals surface area contributed by atoms with Gasteiger partial charge in [-0.15, -0.1) is 35.3 Å². The number of nitrogens with one attached hydrogen (secondary N) is 2. The molecule has 8 heteroatoms. The number of aryl methyl sites for hydroxylation is 1. The first-order valence-corrected chi connectivity index (χ1v) is 8.76. The van der Waals surface area contributed by atoms with E-state index in [1.807, 2.05) is 6.20 Å². The molecule has 0 spiro atoms. The van der Waals surface area contributed by atoms with Crippen LogP contribution in [0.2, 0.25) is 0 Å². The first kappa shape index (κ1) is 21.8. The van der Waals surface area contributed by atoms with Gasteiger partial charge in [0.25, 0.3) is 0 Å². The second kappa shape index (κ2) is 11.3. The molecule has 0 unspecified atom stereocenters. The van der Waals surface area contributed by atoms with Crippen LogP contribution in [0.25, 0.3) is 0 Å². The summed E-state index contributed by atoms with van der Waals surface area (Å²) < 4.78 is 26.4. The molecule has 25 heavy (non-hydrogen) atoms. The molecule has 0 bridgehead atoms. The summed E-state index contributed by atoms with van der Waals surface area (Å²) in [6.07, 6.45) is 4.22. The smallest absolute Gasteiger partial charge is 0.191 e. The molecule has 0 saturated heterocycles. The molecule has 2 rings (SSSR count). The number of aromatic nitrogens is 1. The minimum Gasteiger partial charge on any atom is -0.356 e. The van der Waals surface area contributed by atoms with Gasteiger partial charge in [-0.1, -0.05) is 13.0 Å². The number of thiazole rings is 1. The third-order valence-corrected chi connectivity index (χ3v) is 4.71. The van der Waals surface area contributed by atoms with Crippen molar-refractivity contribution in [2.24, 2.45) is 4.99 Å². The molecule has 1 aromatic carbocycles. The maximum Gasteiger partial charge on any atom is 0.191 e. The van der Waals surface area contributed by atoms with E-state index >= 15 is 0 Å². The highest BCUT2D eigenvalue weighted by atomic mass is 127. The zero-order chi connectivity index (χ0) is 17.4. The van der Waals surface area contributed by atoms with Crippen LogP contribution in [0.1, 0.15) is 22.4 Å². The summed E-state index contributed by atoms with van der Waals surface area (Å²) in [5.41, 5.74) is 0.481. The Hall–Kier alpha value is -1.29. The Kier molecular flexibility index (Phi) is 9.88. The van der Waals surface area contributed by atoms with Crippen molar-refractivity contribution in [2.45, 2.75) is 26.2 Å². The van der Waals surface area contributed by atoms with Crippen molar-refractivity contribution in [3.8, 4) is 0 Å². The first-order valence-electron chi connectivity index (χ1n) is 7.94. The van der Waals surface area contributed by atoms with Gasteiger partial charge < -0.3 is 10.6 Å². The van der Waals surface area contributed by atoms with Crippen molar-refractivity contribution < 1.29 is 8.78 Å². The van der Waals surface area contributed by atoms with Gasteiger partial charge in [-0.2, -0.15) is 0 Å². The van der Waals surface area contributed by atoms with E-state index in [-0.39, 0.29) is 24.0 Å². The van der Waals surface area contributed by atoms with Gasteiger partial charge in [-0.05, 0) is 24.5 Å². The van der Waals surface area contributed by atoms with Gasteiger partial charge in [0.05, 0.1) is 5.01 Å². The van der Waals surface area contributed by atoms with Gasteiger partial charge in [-0.3, -0.25) is 4.99 Å².